The Bertz CT molecular complexity index is 1290. The number of carbonyl (C=O) groups excluding carboxylic acids is 1. The first-order chi connectivity index (χ1) is 15.9. The fourth-order valence-electron chi connectivity index (χ4n) is 2.99. The van der Waals surface area contributed by atoms with E-state index in [1.807, 2.05) is 0 Å². The molecule has 1 aliphatic rings. The highest BCUT2D eigenvalue weighted by Crippen LogP contribution is 2.36. The van der Waals surface area contributed by atoms with Crippen molar-refractivity contribution in [3.8, 4) is 23.2 Å². The van der Waals surface area contributed by atoms with E-state index in [-0.39, 0.29) is 41.0 Å². The van der Waals surface area contributed by atoms with Gasteiger partial charge in [-0.25, -0.2) is 8.96 Å². The third-order valence-electron chi connectivity index (χ3n) is 4.69. The summed E-state index contributed by atoms with van der Waals surface area (Å²) in [5.41, 5.74) is -0.550. The second-order valence-corrected chi connectivity index (χ2v) is 7.13. The topological polar surface area (TPSA) is 82.4 Å². The normalized spacial score (nSPS) is 13.4. The summed E-state index contributed by atoms with van der Waals surface area (Å²) >= 11 is 0. The molecule has 13 heteroatoms. The third kappa shape index (κ3) is 4.54. The Kier molecular flexibility index (Phi) is 5.71. The first-order valence-corrected chi connectivity index (χ1v) is 9.51. The number of benzene rings is 2. The van der Waals surface area contributed by atoms with E-state index in [0.717, 1.165) is 28.8 Å². The molecule has 0 bridgehead atoms. The molecular weight excluding hydrogens is 472 g/mol. The summed E-state index contributed by atoms with van der Waals surface area (Å²) in [6.45, 7) is -1.93. The second-order valence-electron chi connectivity index (χ2n) is 7.13. The zero-order valence-electron chi connectivity index (χ0n) is 16.8. The lowest BCUT2D eigenvalue weighted by molar-refractivity contribution is -0.290. The molecule has 0 saturated heterocycles. The number of hydrogen-bond acceptors (Lipinski definition) is 5. The molecule has 0 saturated carbocycles. The van der Waals surface area contributed by atoms with Crippen LogP contribution in [-0.4, -0.2) is 34.2 Å². The van der Waals surface area contributed by atoms with Gasteiger partial charge in [-0.3, -0.25) is 9.59 Å². The van der Waals surface area contributed by atoms with E-state index in [1.54, 1.807) is 0 Å². The van der Waals surface area contributed by atoms with Crippen molar-refractivity contribution in [1.29, 1.82) is 0 Å². The molecule has 4 rings (SSSR count). The van der Waals surface area contributed by atoms with Gasteiger partial charge in [-0.2, -0.15) is 26.9 Å². The molecule has 0 atom stereocenters. The monoisotopic (exact) mass is 485 g/mol. The van der Waals surface area contributed by atoms with Crippen LogP contribution in [0.25, 0.3) is 5.69 Å². The number of ether oxygens (including phenoxy) is 2. The summed E-state index contributed by atoms with van der Waals surface area (Å²) in [5.74, 6) is -6.28. The zero-order chi connectivity index (χ0) is 24.7. The van der Waals surface area contributed by atoms with Crippen molar-refractivity contribution in [1.82, 2.24) is 9.55 Å². The smallest absolute Gasteiger partial charge is 0.456 e. The van der Waals surface area contributed by atoms with Crippen molar-refractivity contribution in [2.24, 2.45) is 0 Å². The molecule has 0 spiro atoms. The van der Waals surface area contributed by atoms with E-state index in [9.17, 15) is 35.9 Å². The highest BCUT2D eigenvalue weighted by molar-refractivity contribution is 5.97. The third-order valence-corrected chi connectivity index (χ3v) is 4.69. The Balaban J connectivity index is 1.67. The van der Waals surface area contributed by atoms with E-state index in [4.69, 9.17) is 4.74 Å². The molecule has 34 heavy (non-hydrogen) atoms. The quantitative estimate of drug-likeness (QED) is 0.529. The van der Waals surface area contributed by atoms with Crippen molar-refractivity contribution in [2.45, 2.75) is 18.5 Å². The molecule has 7 nitrogen and oxygen atoms in total. The van der Waals surface area contributed by atoms with Crippen LogP contribution >= 0.6 is 0 Å². The largest absolute Gasteiger partial charge is 0.487 e. The van der Waals surface area contributed by atoms with Gasteiger partial charge in [0.2, 0.25) is 5.91 Å². The number of aromatic nitrogens is 2. The summed E-state index contributed by atoms with van der Waals surface area (Å²) in [4.78, 5) is 28.9. The maximum absolute atomic E-state index is 13.2. The lowest BCUT2D eigenvalue weighted by Gasteiger charge is -2.20. The number of nitrogens with zero attached hydrogens (tertiary/aromatic N) is 2. The van der Waals surface area contributed by atoms with Gasteiger partial charge < -0.3 is 14.8 Å². The molecular formula is C21H13F6N3O4. The van der Waals surface area contributed by atoms with Crippen molar-refractivity contribution in [3.05, 3.63) is 70.3 Å². The molecule has 2 aromatic carbocycles. The molecule has 1 amide bonds. The zero-order valence-corrected chi connectivity index (χ0v) is 16.8. The number of alkyl halides is 5. The summed E-state index contributed by atoms with van der Waals surface area (Å²) in [6, 6.07) is 9.02. The number of carbonyl (C=O) groups is 1. The number of rotatable bonds is 6. The molecule has 1 aliphatic heterocycles. The molecule has 1 aromatic heterocycles. The number of hydrogen-bond donors (Lipinski definition) is 1. The summed E-state index contributed by atoms with van der Waals surface area (Å²) in [6.07, 6.45) is -6.01. The van der Waals surface area contributed by atoms with Crippen LogP contribution in [0.3, 0.4) is 0 Å². The fraction of sp³-hybridized carbons (Fsp3) is 0.190. The van der Waals surface area contributed by atoms with Gasteiger partial charge in [0.05, 0.1) is 17.7 Å². The van der Waals surface area contributed by atoms with E-state index in [2.05, 4.69) is 15.0 Å². The highest BCUT2D eigenvalue weighted by Gasteiger charge is 2.58. The highest BCUT2D eigenvalue weighted by atomic mass is 19.4. The summed E-state index contributed by atoms with van der Waals surface area (Å²) < 4.78 is 87.4. The van der Waals surface area contributed by atoms with Crippen LogP contribution in [0.5, 0.6) is 17.5 Å². The molecule has 2 heterocycles. The van der Waals surface area contributed by atoms with Gasteiger partial charge in [0.25, 0.3) is 5.56 Å². The average Bonchev–Trinajstić information content (AvgIpc) is 3.14. The van der Waals surface area contributed by atoms with Crippen molar-refractivity contribution in [3.63, 3.8) is 0 Å². The van der Waals surface area contributed by atoms with Crippen LogP contribution in [0.4, 0.5) is 32.2 Å². The Hall–Kier alpha value is -4.03. The fourth-order valence-corrected chi connectivity index (χ4v) is 2.99. The van der Waals surface area contributed by atoms with Crippen LogP contribution in [0, 0.1) is 5.82 Å². The predicted molar refractivity (Wildman–Crippen MR) is 105 cm³/mol. The number of halogens is 6. The molecule has 0 fully saturated rings. The predicted octanol–water partition coefficient (Wildman–Crippen LogP) is 4.23. The van der Waals surface area contributed by atoms with E-state index in [1.165, 1.54) is 24.3 Å². The first-order valence-electron chi connectivity index (χ1n) is 9.51. The maximum Gasteiger partial charge on any atom is 0.456 e. The van der Waals surface area contributed by atoms with Gasteiger partial charge in [-0.15, -0.1) is 0 Å². The molecule has 0 radical (unpaired) electrons. The van der Waals surface area contributed by atoms with Crippen LogP contribution in [0.1, 0.15) is 5.56 Å². The number of anilines is 1. The molecule has 3 aromatic rings. The van der Waals surface area contributed by atoms with Gasteiger partial charge >= 0.3 is 18.1 Å². The van der Waals surface area contributed by atoms with Crippen molar-refractivity contribution >= 4 is 11.7 Å². The lowest BCUT2D eigenvalue weighted by atomic mass is 10.2. The molecule has 178 valence electrons. The Labute approximate surface area is 186 Å². The number of nitrogens with one attached hydrogen (secondary N) is 1. The molecule has 0 aliphatic carbocycles. The van der Waals surface area contributed by atoms with E-state index >= 15 is 0 Å². The van der Waals surface area contributed by atoms with Crippen LogP contribution in [0.15, 0.2) is 53.3 Å². The van der Waals surface area contributed by atoms with Gasteiger partial charge in [0, 0.05) is 0 Å². The SMILES string of the molecule is O=C1Cc2c(nc(Oc3ccc(F)cc3)n(-c3ccc(OCC(F)(F)C(F)(F)F)cc3)c2=O)N1. The minimum absolute atomic E-state index is 0.0160. The number of fused-ring (bicyclic) bond motifs is 1. The maximum atomic E-state index is 13.2. The van der Waals surface area contributed by atoms with Gasteiger partial charge in [-0.05, 0) is 48.5 Å². The number of amides is 1. The van der Waals surface area contributed by atoms with E-state index < -0.39 is 36.0 Å². The van der Waals surface area contributed by atoms with Gasteiger partial charge in [0.1, 0.15) is 23.1 Å². The lowest BCUT2D eigenvalue weighted by Crippen LogP contribution is -2.41. The second kappa shape index (κ2) is 8.39. The minimum atomic E-state index is -5.77. The van der Waals surface area contributed by atoms with E-state index in [0.29, 0.717) is 0 Å². The van der Waals surface area contributed by atoms with Crippen LogP contribution in [-0.2, 0) is 11.2 Å². The average molecular weight is 485 g/mol. The van der Waals surface area contributed by atoms with Crippen molar-refractivity contribution < 1.29 is 40.6 Å². The van der Waals surface area contributed by atoms with Gasteiger partial charge in [0.15, 0.2) is 6.61 Å². The van der Waals surface area contributed by atoms with Crippen molar-refractivity contribution in [2.75, 3.05) is 11.9 Å². The molecule has 0 unspecified atom stereocenters. The Morgan fingerprint density at radius 1 is 0.941 bits per heavy atom. The van der Waals surface area contributed by atoms with Crippen LogP contribution < -0.4 is 20.3 Å². The standard InChI is InChI=1S/C21H13F6N3O4/c22-11-1-5-14(6-2-11)34-19-29-17-15(9-16(31)28-17)18(32)30(19)12-3-7-13(8-4-12)33-10-20(23,24)21(25,26)27/h1-8H,9-10H2,(H,28,31). The Morgan fingerprint density at radius 2 is 1.56 bits per heavy atom. The minimum Gasteiger partial charge on any atom is -0.487 e. The summed E-state index contributed by atoms with van der Waals surface area (Å²) in [7, 11) is 0. The molecule has 1 N–H and O–H groups in total. The van der Waals surface area contributed by atoms with Gasteiger partial charge in [-0.1, -0.05) is 0 Å². The Morgan fingerprint density at radius 3 is 2.18 bits per heavy atom. The van der Waals surface area contributed by atoms with Crippen LogP contribution in [0.2, 0.25) is 0 Å². The summed E-state index contributed by atoms with van der Waals surface area (Å²) in [5, 5.41) is 2.42. The first kappa shape index (κ1) is 23.1.